The SMILES string of the molecule is C=CC[N+](C)(C)CCCNC(=O)CCCCCCCCCCSCCCCCCCCCCCC.[Br-]. The topological polar surface area (TPSA) is 29.1 Å². The van der Waals surface area contributed by atoms with Crippen LogP contribution in [0.1, 0.15) is 135 Å². The van der Waals surface area contributed by atoms with Crippen LogP contribution in [0, 0.1) is 0 Å². The van der Waals surface area contributed by atoms with E-state index in [1.807, 2.05) is 6.08 Å². The first-order chi connectivity index (χ1) is 17.0. The highest BCUT2D eigenvalue weighted by atomic mass is 79.9. The third-order valence-corrected chi connectivity index (χ3v) is 8.13. The average molecular weight is 592 g/mol. The Balaban J connectivity index is 0. The molecular weight excluding hydrogens is 528 g/mol. The van der Waals surface area contributed by atoms with E-state index >= 15 is 0 Å². The summed E-state index contributed by atoms with van der Waals surface area (Å²) in [5.41, 5.74) is 0. The molecule has 3 nitrogen and oxygen atoms in total. The number of nitrogens with one attached hydrogen (secondary N) is 1. The lowest BCUT2D eigenvalue weighted by Gasteiger charge is -2.28. The Kier molecular flexibility index (Phi) is 31.3. The van der Waals surface area contributed by atoms with Crippen molar-refractivity contribution in [2.24, 2.45) is 0 Å². The van der Waals surface area contributed by atoms with Gasteiger partial charge in [0.2, 0.25) is 5.91 Å². The molecule has 0 unspecified atom stereocenters. The first-order valence-corrected chi connectivity index (χ1v) is 16.4. The van der Waals surface area contributed by atoms with Gasteiger partial charge in [0.25, 0.3) is 0 Å². The Morgan fingerprint density at radius 1 is 0.722 bits per heavy atom. The lowest BCUT2D eigenvalue weighted by molar-refractivity contribution is -0.884. The van der Waals surface area contributed by atoms with Gasteiger partial charge in [0.15, 0.2) is 0 Å². The summed E-state index contributed by atoms with van der Waals surface area (Å²) in [5.74, 6) is 2.96. The second kappa shape index (κ2) is 29.6. The molecule has 0 bridgehead atoms. The predicted molar refractivity (Wildman–Crippen MR) is 160 cm³/mol. The standard InChI is InChI=1S/C31H62N2OS.BrH/c1-5-7-8-9-10-11-13-16-19-22-29-35-30-23-20-17-14-12-15-18-21-25-31(34)32-26-24-28-33(3,4)27-6-2;/h6H,2,5,7-30H2,1,3-4H3;1H. The van der Waals surface area contributed by atoms with E-state index in [0.717, 1.165) is 37.0 Å². The van der Waals surface area contributed by atoms with Crippen molar-refractivity contribution in [2.45, 2.75) is 135 Å². The van der Waals surface area contributed by atoms with Gasteiger partial charge in [-0.1, -0.05) is 110 Å². The maximum absolute atomic E-state index is 12.0. The third-order valence-electron chi connectivity index (χ3n) is 6.97. The minimum absolute atomic E-state index is 0. The molecule has 0 spiro atoms. The summed E-state index contributed by atoms with van der Waals surface area (Å²) >= 11 is 2.18. The van der Waals surface area contributed by atoms with Crippen molar-refractivity contribution in [2.75, 3.05) is 45.2 Å². The summed E-state index contributed by atoms with van der Waals surface area (Å²) in [6.07, 6.45) is 28.5. The number of carbonyl (C=O) groups excluding carboxylic acids is 1. The normalized spacial score (nSPS) is 11.3. The number of hydrogen-bond acceptors (Lipinski definition) is 2. The smallest absolute Gasteiger partial charge is 0.219 e. The highest BCUT2D eigenvalue weighted by molar-refractivity contribution is 7.99. The first-order valence-electron chi connectivity index (χ1n) is 15.3. The maximum Gasteiger partial charge on any atom is 0.219 e. The van der Waals surface area contributed by atoms with Gasteiger partial charge >= 0.3 is 0 Å². The van der Waals surface area contributed by atoms with Crippen molar-refractivity contribution in [3.05, 3.63) is 12.7 Å². The average Bonchev–Trinajstić information content (AvgIpc) is 2.83. The van der Waals surface area contributed by atoms with Gasteiger partial charge in [-0.2, -0.15) is 11.8 Å². The zero-order valence-corrected chi connectivity index (χ0v) is 27.0. The number of carbonyl (C=O) groups is 1. The van der Waals surface area contributed by atoms with Gasteiger partial charge in [-0.15, -0.1) is 0 Å². The number of quaternary nitrogens is 1. The minimum atomic E-state index is 0. The molecule has 0 fully saturated rings. The molecule has 0 aromatic rings. The summed E-state index contributed by atoms with van der Waals surface area (Å²) in [6, 6.07) is 0. The molecule has 0 aliphatic heterocycles. The van der Waals surface area contributed by atoms with Crippen molar-refractivity contribution < 1.29 is 26.3 Å². The number of nitrogens with zero attached hydrogens (tertiary/aromatic N) is 1. The lowest BCUT2D eigenvalue weighted by atomic mass is 10.1. The molecule has 1 N–H and O–H groups in total. The van der Waals surface area contributed by atoms with Gasteiger partial charge in [-0.25, -0.2) is 0 Å². The van der Waals surface area contributed by atoms with Crippen LogP contribution in [-0.2, 0) is 4.79 Å². The highest BCUT2D eigenvalue weighted by Gasteiger charge is 2.11. The van der Waals surface area contributed by atoms with Gasteiger partial charge in [-0.3, -0.25) is 4.79 Å². The fraction of sp³-hybridized carbons (Fsp3) is 0.903. The second-order valence-corrected chi connectivity index (χ2v) is 12.4. The summed E-state index contributed by atoms with van der Waals surface area (Å²) in [4.78, 5) is 12.0. The zero-order valence-electron chi connectivity index (χ0n) is 24.6. The van der Waals surface area contributed by atoms with Crippen molar-refractivity contribution in [3.63, 3.8) is 0 Å². The highest BCUT2D eigenvalue weighted by Crippen LogP contribution is 2.15. The first kappa shape index (κ1) is 38.1. The van der Waals surface area contributed by atoms with Gasteiger partial charge in [-0.05, 0) is 36.8 Å². The summed E-state index contributed by atoms with van der Waals surface area (Å²) in [7, 11) is 4.42. The molecule has 0 saturated heterocycles. The molecule has 0 aliphatic rings. The van der Waals surface area contributed by atoms with Crippen LogP contribution in [0.25, 0.3) is 0 Å². The molecule has 0 saturated carbocycles. The second-order valence-electron chi connectivity index (χ2n) is 11.2. The minimum Gasteiger partial charge on any atom is -1.00 e. The van der Waals surface area contributed by atoms with Crippen LogP contribution in [-0.4, -0.2) is 55.6 Å². The van der Waals surface area contributed by atoms with E-state index in [9.17, 15) is 4.79 Å². The van der Waals surface area contributed by atoms with Crippen LogP contribution >= 0.6 is 11.8 Å². The number of unbranched alkanes of at least 4 members (excludes halogenated alkanes) is 16. The fourth-order valence-corrected chi connectivity index (χ4v) is 5.63. The molecule has 0 heterocycles. The molecule has 0 atom stereocenters. The van der Waals surface area contributed by atoms with Gasteiger partial charge in [0.1, 0.15) is 0 Å². The maximum atomic E-state index is 12.0. The van der Waals surface area contributed by atoms with Crippen molar-refractivity contribution >= 4 is 17.7 Å². The number of halogens is 1. The molecular formula is C31H63BrN2OS. The Morgan fingerprint density at radius 2 is 1.17 bits per heavy atom. The van der Waals surface area contributed by atoms with Crippen LogP contribution in [0.2, 0.25) is 0 Å². The number of amides is 1. The van der Waals surface area contributed by atoms with E-state index in [1.54, 1.807) is 0 Å². The van der Waals surface area contributed by atoms with E-state index in [2.05, 4.69) is 44.7 Å². The molecule has 5 heteroatoms. The Bertz CT molecular complexity index is 473. The van der Waals surface area contributed by atoms with E-state index in [0.29, 0.717) is 6.42 Å². The molecule has 1 amide bonds. The van der Waals surface area contributed by atoms with Crippen LogP contribution in [0.5, 0.6) is 0 Å². The molecule has 0 radical (unpaired) electrons. The quantitative estimate of drug-likeness (QED) is 0.0695. The van der Waals surface area contributed by atoms with Crippen molar-refractivity contribution in [1.29, 1.82) is 0 Å². The van der Waals surface area contributed by atoms with E-state index < -0.39 is 0 Å². The molecule has 0 aromatic carbocycles. The molecule has 0 rings (SSSR count). The van der Waals surface area contributed by atoms with E-state index in [1.165, 1.54) is 121 Å². The number of thioether (sulfide) groups is 1. The number of likely N-dealkylation sites (N-methyl/N-ethyl adjacent to an activating group) is 1. The zero-order chi connectivity index (χ0) is 25.9. The van der Waals surface area contributed by atoms with Gasteiger partial charge in [0, 0.05) is 19.4 Å². The third kappa shape index (κ3) is 30.2. The lowest BCUT2D eigenvalue weighted by Crippen LogP contribution is -3.00. The number of rotatable bonds is 28. The molecule has 0 aromatic heterocycles. The van der Waals surface area contributed by atoms with Gasteiger partial charge in [0.05, 0.1) is 27.2 Å². The fourth-order valence-electron chi connectivity index (χ4n) is 4.61. The van der Waals surface area contributed by atoms with Crippen molar-refractivity contribution in [3.8, 4) is 0 Å². The predicted octanol–water partition coefficient (Wildman–Crippen LogP) is 5.92. The van der Waals surface area contributed by atoms with E-state index in [4.69, 9.17) is 0 Å². The van der Waals surface area contributed by atoms with Crippen LogP contribution < -0.4 is 22.3 Å². The van der Waals surface area contributed by atoms with Crippen LogP contribution in [0.3, 0.4) is 0 Å². The molecule has 36 heavy (non-hydrogen) atoms. The number of hydrogen-bond donors (Lipinski definition) is 1. The Morgan fingerprint density at radius 3 is 1.64 bits per heavy atom. The molecule has 0 aliphatic carbocycles. The summed E-state index contributed by atoms with van der Waals surface area (Å²) in [5, 5.41) is 3.08. The summed E-state index contributed by atoms with van der Waals surface area (Å²) < 4.78 is 0.942. The van der Waals surface area contributed by atoms with Crippen LogP contribution in [0.4, 0.5) is 0 Å². The van der Waals surface area contributed by atoms with Gasteiger partial charge < -0.3 is 26.8 Å². The Hall–Kier alpha value is -0.000000000000000111. The van der Waals surface area contributed by atoms with E-state index in [-0.39, 0.29) is 22.9 Å². The van der Waals surface area contributed by atoms with Crippen molar-refractivity contribution in [1.82, 2.24) is 5.32 Å². The van der Waals surface area contributed by atoms with Crippen LogP contribution in [0.15, 0.2) is 12.7 Å². The summed E-state index contributed by atoms with van der Waals surface area (Å²) in [6.45, 7) is 8.96. The Labute approximate surface area is 241 Å². The largest absolute Gasteiger partial charge is 1.00 e. The monoisotopic (exact) mass is 590 g/mol. The molecule has 216 valence electrons.